The van der Waals surface area contributed by atoms with Gasteiger partial charge in [-0.3, -0.25) is 14.5 Å². The molecule has 1 aromatic carbocycles. The third-order valence-corrected chi connectivity index (χ3v) is 6.58. The van der Waals surface area contributed by atoms with Gasteiger partial charge in [0.15, 0.2) is 17.3 Å². The topological polar surface area (TPSA) is 72.0 Å². The van der Waals surface area contributed by atoms with Crippen LogP contribution in [0.3, 0.4) is 0 Å². The van der Waals surface area contributed by atoms with Crippen molar-refractivity contribution in [3.05, 3.63) is 39.3 Å². The Morgan fingerprint density at radius 1 is 1.10 bits per heavy atom. The van der Waals surface area contributed by atoms with Gasteiger partial charge in [-0.2, -0.15) is 0 Å². The Labute approximate surface area is 174 Å². The van der Waals surface area contributed by atoms with Crippen molar-refractivity contribution in [1.82, 2.24) is 14.8 Å². The third-order valence-electron chi connectivity index (χ3n) is 5.46. The summed E-state index contributed by atoms with van der Waals surface area (Å²) in [5, 5.41) is 1.00. The van der Waals surface area contributed by atoms with Crippen molar-refractivity contribution in [3.8, 4) is 11.5 Å². The predicted molar refractivity (Wildman–Crippen MR) is 110 cm³/mol. The Bertz CT molecular complexity index is 919. The Hall–Kier alpha value is -2.45. The summed E-state index contributed by atoms with van der Waals surface area (Å²) < 4.78 is 10.5. The first-order valence-electron chi connectivity index (χ1n) is 9.84. The third kappa shape index (κ3) is 4.13. The minimum Gasteiger partial charge on any atom is -0.493 e. The number of aryl methyl sites for hydroxylation is 1. The molecule has 1 saturated heterocycles. The van der Waals surface area contributed by atoms with Gasteiger partial charge in [-0.25, -0.2) is 4.98 Å². The lowest BCUT2D eigenvalue weighted by Gasteiger charge is -2.34. The molecule has 0 saturated carbocycles. The quantitative estimate of drug-likeness (QED) is 0.748. The van der Waals surface area contributed by atoms with E-state index in [4.69, 9.17) is 9.47 Å². The van der Waals surface area contributed by atoms with Crippen molar-refractivity contribution in [2.24, 2.45) is 0 Å². The van der Waals surface area contributed by atoms with E-state index in [9.17, 15) is 9.59 Å². The number of fused-ring (bicyclic) bond motifs is 1. The molecule has 1 aliphatic heterocycles. The van der Waals surface area contributed by atoms with Gasteiger partial charge in [-0.1, -0.05) is 0 Å². The van der Waals surface area contributed by atoms with E-state index in [1.165, 1.54) is 11.3 Å². The van der Waals surface area contributed by atoms with Gasteiger partial charge < -0.3 is 14.4 Å². The van der Waals surface area contributed by atoms with Crippen molar-refractivity contribution in [2.45, 2.75) is 25.8 Å². The van der Waals surface area contributed by atoms with E-state index < -0.39 is 0 Å². The molecule has 1 amide bonds. The van der Waals surface area contributed by atoms with E-state index in [2.05, 4.69) is 9.88 Å². The summed E-state index contributed by atoms with van der Waals surface area (Å²) in [6, 6.07) is 5.26. The summed E-state index contributed by atoms with van der Waals surface area (Å²) in [5.41, 5.74) is 1.57. The lowest BCUT2D eigenvalue weighted by atomic mass is 10.0. The maximum atomic E-state index is 12.9. The summed E-state index contributed by atoms with van der Waals surface area (Å²) >= 11 is 1.54. The lowest BCUT2D eigenvalue weighted by molar-refractivity contribution is 0.0628. The molecule has 7 nitrogen and oxygen atoms in total. The molecule has 1 fully saturated rings. The Balaban J connectivity index is 1.36. The smallest absolute Gasteiger partial charge is 0.254 e. The molecule has 2 aliphatic rings. The van der Waals surface area contributed by atoms with Crippen LogP contribution in [0.2, 0.25) is 0 Å². The van der Waals surface area contributed by atoms with Crippen LogP contribution in [0.15, 0.2) is 18.2 Å². The average Bonchev–Trinajstić information content (AvgIpc) is 3.17. The van der Waals surface area contributed by atoms with Crippen LogP contribution in [0.1, 0.15) is 43.6 Å². The second kappa shape index (κ2) is 8.51. The first-order valence-corrected chi connectivity index (χ1v) is 10.7. The number of ketones is 1. The fraction of sp³-hybridized carbons (Fsp3) is 0.476. The van der Waals surface area contributed by atoms with Gasteiger partial charge in [0.2, 0.25) is 0 Å². The number of methoxy groups -OCH3 is 2. The molecular weight excluding hydrogens is 390 g/mol. The van der Waals surface area contributed by atoms with E-state index in [-0.39, 0.29) is 11.7 Å². The van der Waals surface area contributed by atoms with Crippen LogP contribution in [-0.4, -0.2) is 66.9 Å². The Kier molecular flexibility index (Phi) is 5.82. The number of carbonyl (C=O) groups excluding carboxylic acids is 2. The molecule has 0 atom stereocenters. The maximum absolute atomic E-state index is 12.9. The first kappa shape index (κ1) is 19.8. The van der Waals surface area contributed by atoms with E-state index in [0.29, 0.717) is 36.6 Å². The minimum absolute atomic E-state index is 0.000845. The fourth-order valence-corrected chi connectivity index (χ4v) is 4.96. The number of carbonyl (C=O) groups is 2. The van der Waals surface area contributed by atoms with Crippen molar-refractivity contribution in [2.75, 3.05) is 40.4 Å². The van der Waals surface area contributed by atoms with Crippen molar-refractivity contribution >= 4 is 23.0 Å². The molecule has 2 heterocycles. The van der Waals surface area contributed by atoms with Crippen LogP contribution >= 0.6 is 11.3 Å². The molecule has 154 valence electrons. The monoisotopic (exact) mass is 415 g/mol. The molecular formula is C21H25N3O4S. The van der Waals surface area contributed by atoms with E-state index in [1.54, 1.807) is 32.4 Å². The molecule has 0 unspecified atom stereocenters. The van der Waals surface area contributed by atoms with Crippen LogP contribution in [0, 0.1) is 0 Å². The summed E-state index contributed by atoms with van der Waals surface area (Å²) in [4.78, 5) is 34.6. The number of nitrogens with zero attached hydrogens (tertiary/aromatic N) is 3. The second-order valence-corrected chi connectivity index (χ2v) is 8.38. The fourth-order valence-electron chi connectivity index (χ4n) is 3.84. The Morgan fingerprint density at radius 2 is 1.86 bits per heavy atom. The van der Waals surface area contributed by atoms with Crippen molar-refractivity contribution in [1.29, 1.82) is 0 Å². The molecule has 29 heavy (non-hydrogen) atoms. The number of rotatable bonds is 5. The minimum atomic E-state index is 0.000845. The van der Waals surface area contributed by atoms with Crippen LogP contribution in [0.5, 0.6) is 11.5 Å². The summed E-state index contributed by atoms with van der Waals surface area (Å²) in [5.74, 6) is 1.40. The summed E-state index contributed by atoms with van der Waals surface area (Å²) in [6.45, 7) is 3.65. The standard InChI is InChI=1S/C21H25N3O4S/c1-27-17-7-6-14(12-18(17)28-2)21(26)24-10-8-23(9-11-24)13-19-22-15-4-3-5-16(25)20(15)29-19/h6-7,12H,3-5,8-11,13H2,1-2H3. The number of Topliss-reactive ketones (excluding diaryl/α,β-unsaturated/α-hetero) is 1. The number of amides is 1. The predicted octanol–water partition coefficient (Wildman–Crippen LogP) is 2.64. The average molecular weight is 416 g/mol. The van der Waals surface area contributed by atoms with Gasteiger partial charge in [-0.15, -0.1) is 11.3 Å². The number of piperazine rings is 1. The normalized spacial score (nSPS) is 17.2. The number of thiazole rings is 1. The van der Waals surface area contributed by atoms with Gasteiger partial charge in [0.25, 0.3) is 5.91 Å². The van der Waals surface area contributed by atoms with Gasteiger partial charge >= 0.3 is 0 Å². The zero-order valence-electron chi connectivity index (χ0n) is 16.8. The molecule has 0 bridgehead atoms. The van der Waals surface area contributed by atoms with Crippen LogP contribution < -0.4 is 9.47 Å². The molecule has 1 aromatic heterocycles. The second-order valence-electron chi connectivity index (χ2n) is 7.30. The zero-order chi connectivity index (χ0) is 20.4. The van der Waals surface area contributed by atoms with Crippen molar-refractivity contribution < 1.29 is 19.1 Å². The number of ether oxygens (including phenoxy) is 2. The molecule has 8 heteroatoms. The highest BCUT2D eigenvalue weighted by Crippen LogP contribution is 2.29. The molecule has 1 aliphatic carbocycles. The summed E-state index contributed by atoms with van der Waals surface area (Å²) in [6.07, 6.45) is 2.46. The lowest BCUT2D eigenvalue weighted by Crippen LogP contribution is -2.48. The van der Waals surface area contributed by atoms with E-state index >= 15 is 0 Å². The zero-order valence-corrected chi connectivity index (χ0v) is 17.6. The highest BCUT2D eigenvalue weighted by molar-refractivity contribution is 7.13. The van der Waals surface area contributed by atoms with E-state index in [1.807, 2.05) is 4.90 Å². The van der Waals surface area contributed by atoms with Crippen molar-refractivity contribution in [3.63, 3.8) is 0 Å². The van der Waals surface area contributed by atoms with Crippen LogP contribution in [-0.2, 0) is 13.0 Å². The van der Waals surface area contributed by atoms with E-state index in [0.717, 1.165) is 48.1 Å². The van der Waals surface area contributed by atoms with Crippen LogP contribution in [0.4, 0.5) is 0 Å². The molecule has 0 radical (unpaired) electrons. The first-order chi connectivity index (χ1) is 14.1. The van der Waals surface area contributed by atoms with Gasteiger partial charge in [0.1, 0.15) is 5.01 Å². The van der Waals surface area contributed by atoms with Gasteiger partial charge in [0, 0.05) is 38.2 Å². The van der Waals surface area contributed by atoms with Gasteiger partial charge in [0.05, 0.1) is 31.3 Å². The highest BCUT2D eigenvalue weighted by atomic mass is 32.1. The van der Waals surface area contributed by atoms with Crippen LogP contribution in [0.25, 0.3) is 0 Å². The SMILES string of the molecule is COc1ccc(C(=O)N2CCN(Cc3nc4c(s3)C(=O)CCC4)CC2)cc1OC. The number of hydrogen-bond acceptors (Lipinski definition) is 7. The number of aromatic nitrogens is 1. The highest BCUT2D eigenvalue weighted by Gasteiger charge is 2.26. The molecule has 0 spiro atoms. The number of hydrogen-bond donors (Lipinski definition) is 0. The number of benzene rings is 1. The molecule has 4 rings (SSSR count). The summed E-state index contributed by atoms with van der Waals surface area (Å²) in [7, 11) is 3.14. The molecule has 2 aromatic rings. The maximum Gasteiger partial charge on any atom is 0.254 e. The largest absolute Gasteiger partial charge is 0.493 e. The molecule has 0 N–H and O–H groups in total. The Morgan fingerprint density at radius 3 is 2.55 bits per heavy atom. The van der Waals surface area contributed by atoms with Gasteiger partial charge in [-0.05, 0) is 31.0 Å².